The first kappa shape index (κ1) is 23.4. The maximum atomic E-state index is 13.9. The molecular weight excluding hydrogens is 462 g/mol. The molecule has 1 aromatic carbocycles. The Bertz CT molecular complexity index is 1080. The molecule has 0 radical (unpaired) electrons. The van der Waals surface area contributed by atoms with Crippen LogP contribution in [-0.2, 0) is 6.42 Å². The lowest BCUT2D eigenvalue weighted by molar-refractivity contribution is 0.174. The molecule has 3 rings (SSSR count). The number of hydrogen-bond donors (Lipinski definition) is 2. The molecule has 0 aliphatic carbocycles. The quantitative estimate of drug-likeness (QED) is 0.415. The Labute approximate surface area is 193 Å². The molecule has 0 aliphatic heterocycles. The molecule has 31 heavy (non-hydrogen) atoms. The zero-order valence-corrected chi connectivity index (χ0v) is 19.4. The van der Waals surface area contributed by atoms with Crippen LogP contribution in [0.25, 0.3) is 5.69 Å². The number of carboxylic acid groups (broad SMARTS) is 1. The number of aromatic nitrogens is 3. The second-order valence-electron chi connectivity index (χ2n) is 7.97. The minimum atomic E-state index is -1.10. The molecule has 0 aliphatic rings. The summed E-state index contributed by atoms with van der Waals surface area (Å²) >= 11 is 13.6. The maximum Gasteiger partial charge on any atom is 0.404 e. The molecule has 3 aromatic rings. The molecular formula is C21H21Cl2FN4O2S. The second-order valence-corrected chi connectivity index (χ2v) is 9.86. The van der Waals surface area contributed by atoms with Crippen LogP contribution in [-0.4, -0.2) is 32.0 Å². The summed E-state index contributed by atoms with van der Waals surface area (Å²) in [6.07, 6.45) is 0.873. The monoisotopic (exact) mass is 482 g/mol. The second kappa shape index (κ2) is 9.46. The van der Waals surface area contributed by atoms with E-state index in [1.54, 1.807) is 16.9 Å². The number of nitrogens with zero attached hydrogens (tertiary/aromatic N) is 3. The first-order chi connectivity index (χ1) is 14.5. The fourth-order valence-electron chi connectivity index (χ4n) is 2.88. The van der Waals surface area contributed by atoms with Crippen LogP contribution in [0.2, 0.25) is 10.2 Å². The predicted octanol–water partition coefficient (Wildman–Crippen LogP) is 6.09. The Hall–Kier alpha value is -2.29. The molecule has 2 N–H and O–H groups in total. The van der Waals surface area contributed by atoms with E-state index < -0.39 is 11.9 Å². The SMILES string of the molecule is CC(C)(C)C(Cc1cc(Sc2ccc(Cl)nc2)n(-c2cc(F)ccc2Cl)n1)NC(=O)O. The van der Waals surface area contributed by atoms with Gasteiger partial charge in [-0.05, 0) is 35.7 Å². The normalized spacial score (nSPS) is 12.6. The van der Waals surface area contributed by atoms with Crippen molar-refractivity contribution in [2.75, 3.05) is 0 Å². The smallest absolute Gasteiger partial charge is 0.404 e. The molecule has 10 heteroatoms. The van der Waals surface area contributed by atoms with Crippen LogP contribution in [0.1, 0.15) is 26.5 Å². The Morgan fingerprint density at radius 2 is 2.00 bits per heavy atom. The van der Waals surface area contributed by atoms with E-state index in [-0.39, 0.29) is 11.5 Å². The molecule has 1 amide bonds. The minimum Gasteiger partial charge on any atom is -0.465 e. The minimum absolute atomic E-state index is 0.336. The third-order valence-electron chi connectivity index (χ3n) is 4.54. The summed E-state index contributed by atoms with van der Waals surface area (Å²) < 4.78 is 15.5. The van der Waals surface area contributed by atoms with Gasteiger partial charge in [0.1, 0.15) is 16.0 Å². The summed E-state index contributed by atoms with van der Waals surface area (Å²) in [5.41, 5.74) is 0.681. The average molecular weight is 483 g/mol. The molecule has 0 spiro atoms. The molecule has 0 bridgehead atoms. The van der Waals surface area contributed by atoms with Gasteiger partial charge in [-0.15, -0.1) is 0 Å². The van der Waals surface area contributed by atoms with Crippen molar-refractivity contribution in [2.24, 2.45) is 5.41 Å². The van der Waals surface area contributed by atoms with E-state index >= 15 is 0 Å². The predicted molar refractivity (Wildman–Crippen MR) is 120 cm³/mol. The Morgan fingerprint density at radius 1 is 1.26 bits per heavy atom. The van der Waals surface area contributed by atoms with Gasteiger partial charge in [0, 0.05) is 29.6 Å². The third-order valence-corrected chi connectivity index (χ3v) is 6.06. The van der Waals surface area contributed by atoms with Crippen LogP contribution in [0.3, 0.4) is 0 Å². The Kier molecular flexibility index (Phi) is 7.13. The van der Waals surface area contributed by atoms with Crippen molar-refractivity contribution < 1.29 is 14.3 Å². The number of amides is 1. The van der Waals surface area contributed by atoms with Crippen molar-refractivity contribution in [1.29, 1.82) is 0 Å². The van der Waals surface area contributed by atoms with Crippen molar-refractivity contribution in [2.45, 2.75) is 43.2 Å². The van der Waals surface area contributed by atoms with E-state index in [9.17, 15) is 14.3 Å². The van der Waals surface area contributed by atoms with Gasteiger partial charge >= 0.3 is 6.09 Å². The van der Waals surface area contributed by atoms with Crippen LogP contribution in [0.5, 0.6) is 0 Å². The van der Waals surface area contributed by atoms with Crippen LogP contribution < -0.4 is 5.32 Å². The summed E-state index contributed by atoms with van der Waals surface area (Å²) in [5, 5.41) is 17.8. The molecule has 6 nitrogen and oxygen atoms in total. The van der Waals surface area contributed by atoms with Gasteiger partial charge in [0.25, 0.3) is 0 Å². The summed E-state index contributed by atoms with van der Waals surface area (Å²) in [6, 6.07) is 8.99. The van der Waals surface area contributed by atoms with Crippen molar-refractivity contribution in [3.8, 4) is 5.69 Å². The van der Waals surface area contributed by atoms with E-state index in [1.807, 2.05) is 32.9 Å². The fourth-order valence-corrected chi connectivity index (χ4v) is 4.09. The lowest BCUT2D eigenvalue weighted by Gasteiger charge is -2.29. The molecule has 1 unspecified atom stereocenters. The molecule has 0 fully saturated rings. The molecule has 0 saturated heterocycles. The van der Waals surface area contributed by atoms with E-state index in [0.29, 0.717) is 33.0 Å². The van der Waals surface area contributed by atoms with Gasteiger partial charge in [0.05, 0.1) is 16.4 Å². The van der Waals surface area contributed by atoms with E-state index in [4.69, 9.17) is 23.2 Å². The highest BCUT2D eigenvalue weighted by molar-refractivity contribution is 7.99. The summed E-state index contributed by atoms with van der Waals surface area (Å²) in [4.78, 5) is 16.2. The topological polar surface area (TPSA) is 80.0 Å². The Morgan fingerprint density at radius 3 is 2.61 bits per heavy atom. The van der Waals surface area contributed by atoms with Crippen LogP contribution in [0.4, 0.5) is 9.18 Å². The lowest BCUT2D eigenvalue weighted by Crippen LogP contribution is -2.44. The van der Waals surface area contributed by atoms with E-state index in [2.05, 4.69) is 15.4 Å². The van der Waals surface area contributed by atoms with Gasteiger partial charge in [-0.2, -0.15) is 5.10 Å². The summed E-state index contributed by atoms with van der Waals surface area (Å²) in [5.74, 6) is -0.444. The number of benzene rings is 1. The van der Waals surface area contributed by atoms with Gasteiger partial charge in [-0.3, -0.25) is 0 Å². The highest BCUT2D eigenvalue weighted by Gasteiger charge is 2.28. The van der Waals surface area contributed by atoms with E-state index in [1.165, 1.54) is 30.0 Å². The fraction of sp³-hybridized carbons (Fsp3) is 0.286. The maximum absolute atomic E-state index is 13.9. The molecule has 0 saturated carbocycles. The zero-order valence-electron chi connectivity index (χ0n) is 17.1. The number of nitrogens with one attached hydrogen (secondary N) is 1. The number of rotatable bonds is 6. The first-order valence-electron chi connectivity index (χ1n) is 9.36. The zero-order chi connectivity index (χ0) is 22.8. The van der Waals surface area contributed by atoms with Crippen molar-refractivity contribution in [1.82, 2.24) is 20.1 Å². The number of halogens is 3. The molecule has 1 atom stereocenters. The highest BCUT2D eigenvalue weighted by Crippen LogP contribution is 2.33. The average Bonchev–Trinajstić information content (AvgIpc) is 3.06. The van der Waals surface area contributed by atoms with Crippen LogP contribution in [0, 0.1) is 11.2 Å². The lowest BCUT2D eigenvalue weighted by atomic mass is 9.84. The summed E-state index contributed by atoms with van der Waals surface area (Å²) in [7, 11) is 0. The van der Waals surface area contributed by atoms with E-state index in [0.717, 1.165) is 4.90 Å². The van der Waals surface area contributed by atoms with Crippen LogP contribution in [0.15, 0.2) is 52.5 Å². The van der Waals surface area contributed by atoms with Gasteiger partial charge in [0.15, 0.2) is 0 Å². The largest absolute Gasteiger partial charge is 0.465 e. The molecule has 2 heterocycles. The molecule has 2 aromatic heterocycles. The highest BCUT2D eigenvalue weighted by atomic mass is 35.5. The summed E-state index contributed by atoms with van der Waals surface area (Å²) in [6.45, 7) is 5.84. The third kappa shape index (κ3) is 6.12. The van der Waals surface area contributed by atoms with Crippen LogP contribution >= 0.6 is 35.0 Å². The van der Waals surface area contributed by atoms with Gasteiger partial charge < -0.3 is 10.4 Å². The number of carbonyl (C=O) groups is 1. The van der Waals surface area contributed by atoms with Crippen molar-refractivity contribution >= 4 is 41.1 Å². The standard InChI is InChI=1S/C21H21Cl2FN4O2S/c1-21(2,3)17(26-20(29)30)9-13-10-19(31-14-5-7-18(23)25-11-14)28(27-13)16-8-12(24)4-6-15(16)22/h4-8,10-11,17,26H,9H2,1-3H3,(H,29,30). The van der Waals surface area contributed by atoms with Crippen molar-refractivity contribution in [3.63, 3.8) is 0 Å². The number of hydrogen-bond acceptors (Lipinski definition) is 4. The van der Waals surface area contributed by atoms with Gasteiger partial charge in [-0.25, -0.2) is 18.9 Å². The van der Waals surface area contributed by atoms with Crippen molar-refractivity contribution in [3.05, 3.63) is 64.3 Å². The molecule has 164 valence electrons. The number of pyridine rings is 1. The van der Waals surface area contributed by atoms with Gasteiger partial charge in [0.2, 0.25) is 0 Å². The Balaban J connectivity index is 2.03. The van der Waals surface area contributed by atoms with Gasteiger partial charge in [-0.1, -0.05) is 55.7 Å². The first-order valence-corrected chi connectivity index (χ1v) is 10.9.